The quantitative estimate of drug-likeness (QED) is 0.936. The summed E-state index contributed by atoms with van der Waals surface area (Å²) in [5, 5.41) is 11.9. The number of hydrogen-bond acceptors (Lipinski definition) is 4. The Hall–Kier alpha value is -1.51. The number of hydrogen-bond donors (Lipinski definition) is 1. The third-order valence-corrected chi connectivity index (χ3v) is 3.80. The normalized spacial score (nSPS) is 12.1. The number of primary sulfonamides is 1. The van der Waals surface area contributed by atoms with E-state index >= 15 is 0 Å². The summed E-state index contributed by atoms with van der Waals surface area (Å²) >= 11 is 5.89. The minimum Gasteiger partial charge on any atom is -0.294 e. The van der Waals surface area contributed by atoms with E-state index in [1.165, 1.54) is 22.8 Å². The van der Waals surface area contributed by atoms with E-state index in [1.807, 2.05) is 0 Å². The van der Waals surface area contributed by atoms with Crippen LogP contribution in [0.15, 0.2) is 23.4 Å². The van der Waals surface area contributed by atoms with E-state index in [2.05, 4.69) is 10.2 Å². The zero-order valence-corrected chi connectivity index (χ0v) is 12.3. The average molecular weight is 319 g/mol. The van der Waals surface area contributed by atoms with Gasteiger partial charge in [-0.25, -0.2) is 17.9 Å². The summed E-state index contributed by atoms with van der Waals surface area (Å²) in [6.45, 7) is 3.46. The minimum absolute atomic E-state index is 0.147. The average Bonchev–Trinajstić information content (AvgIpc) is 2.77. The number of sulfonamides is 1. The summed E-state index contributed by atoms with van der Waals surface area (Å²) < 4.78 is 37.8. The Balaban J connectivity index is 2.76. The number of nitrogens with zero attached hydrogens (tertiary/aromatic N) is 3. The number of aromatic nitrogens is 3. The molecule has 0 spiro atoms. The second-order valence-electron chi connectivity index (χ2n) is 4.42. The van der Waals surface area contributed by atoms with Gasteiger partial charge in [-0.3, -0.25) is 4.57 Å². The van der Waals surface area contributed by atoms with Gasteiger partial charge in [0.2, 0.25) is 0 Å². The standard InChI is InChI=1S/C11H12ClFN4O2S/c1-6(2)17-10(15-16-11(17)20(14,18)19)7-4-3-5-8(13)9(7)12/h3-6H,1-2H3,(H2,14,18,19). The maximum Gasteiger partial charge on any atom is 0.273 e. The van der Waals surface area contributed by atoms with Crippen molar-refractivity contribution in [1.82, 2.24) is 14.8 Å². The van der Waals surface area contributed by atoms with Crippen molar-refractivity contribution < 1.29 is 12.8 Å². The highest BCUT2D eigenvalue weighted by molar-refractivity contribution is 7.89. The first-order valence-corrected chi connectivity index (χ1v) is 7.58. The molecular weight excluding hydrogens is 307 g/mol. The van der Waals surface area contributed by atoms with Crippen molar-refractivity contribution in [3.05, 3.63) is 29.0 Å². The first-order valence-electron chi connectivity index (χ1n) is 5.65. The molecule has 108 valence electrons. The highest BCUT2D eigenvalue weighted by atomic mass is 35.5. The maximum atomic E-state index is 13.5. The van der Waals surface area contributed by atoms with Crippen LogP contribution in [0.5, 0.6) is 0 Å². The lowest BCUT2D eigenvalue weighted by Crippen LogP contribution is -2.20. The van der Waals surface area contributed by atoms with Crippen LogP contribution >= 0.6 is 11.6 Å². The molecule has 9 heteroatoms. The van der Waals surface area contributed by atoms with E-state index in [1.54, 1.807) is 13.8 Å². The van der Waals surface area contributed by atoms with Gasteiger partial charge in [-0.2, -0.15) is 0 Å². The summed E-state index contributed by atoms with van der Waals surface area (Å²) in [5.41, 5.74) is 0.253. The fourth-order valence-electron chi connectivity index (χ4n) is 1.80. The van der Waals surface area contributed by atoms with Crippen LogP contribution in [0.3, 0.4) is 0 Å². The van der Waals surface area contributed by atoms with Gasteiger partial charge in [0.15, 0.2) is 5.82 Å². The molecule has 2 rings (SSSR count). The number of benzene rings is 1. The van der Waals surface area contributed by atoms with Crippen LogP contribution in [-0.2, 0) is 10.0 Å². The molecule has 1 aromatic carbocycles. The molecule has 0 aliphatic rings. The van der Waals surface area contributed by atoms with Gasteiger partial charge in [0.05, 0.1) is 5.02 Å². The molecule has 0 saturated heterocycles. The van der Waals surface area contributed by atoms with Crippen molar-refractivity contribution in [3.63, 3.8) is 0 Å². The predicted octanol–water partition coefficient (Wildman–Crippen LogP) is 1.97. The molecule has 0 amide bonds. The smallest absolute Gasteiger partial charge is 0.273 e. The Labute approximate surface area is 120 Å². The monoisotopic (exact) mass is 318 g/mol. The number of halogens is 2. The minimum atomic E-state index is -4.04. The Morgan fingerprint density at radius 1 is 1.35 bits per heavy atom. The fraction of sp³-hybridized carbons (Fsp3) is 0.273. The second kappa shape index (κ2) is 5.12. The first-order chi connectivity index (χ1) is 9.23. The van der Waals surface area contributed by atoms with Gasteiger partial charge in [0, 0.05) is 11.6 Å². The Bertz CT molecular complexity index is 758. The van der Waals surface area contributed by atoms with Gasteiger partial charge >= 0.3 is 0 Å². The Kier molecular flexibility index (Phi) is 3.81. The fourth-order valence-corrected chi connectivity index (χ4v) is 2.73. The molecule has 2 aromatic rings. The molecular formula is C11H12ClFN4O2S. The zero-order chi connectivity index (χ0) is 15.1. The third kappa shape index (κ3) is 2.54. The van der Waals surface area contributed by atoms with E-state index in [0.29, 0.717) is 0 Å². The van der Waals surface area contributed by atoms with E-state index in [4.69, 9.17) is 16.7 Å². The van der Waals surface area contributed by atoms with E-state index < -0.39 is 15.8 Å². The number of nitrogens with two attached hydrogens (primary N) is 1. The number of rotatable bonds is 3. The molecule has 2 N–H and O–H groups in total. The largest absolute Gasteiger partial charge is 0.294 e. The van der Waals surface area contributed by atoms with Crippen LogP contribution in [0.2, 0.25) is 5.02 Å². The van der Waals surface area contributed by atoms with Crippen molar-refractivity contribution >= 4 is 21.6 Å². The summed E-state index contributed by atoms with van der Waals surface area (Å²) in [5.74, 6) is -0.479. The molecule has 0 unspecified atom stereocenters. The topological polar surface area (TPSA) is 90.9 Å². The summed E-state index contributed by atoms with van der Waals surface area (Å²) in [6.07, 6.45) is 0. The molecule has 1 heterocycles. The summed E-state index contributed by atoms with van der Waals surface area (Å²) in [7, 11) is -4.04. The molecule has 0 radical (unpaired) electrons. The summed E-state index contributed by atoms with van der Waals surface area (Å²) in [4.78, 5) is 0. The van der Waals surface area contributed by atoms with Gasteiger partial charge < -0.3 is 0 Å². The lowest BCUT2D eigenvalue weighted by atomic mass is 10.2. The molecule has 20 heavy (non-hydrogen) atoms. The van der Waals surface area contributed by atoms with Crippen molar-refractivity contribution in [3.8, 4) is 11.4 Å². The highest BCUT2D eigenvalue weighted by Crippen LogP contribution is 2.31. The lowest BCUT2D eigenvalue weighted by molar-refractivity contribution is 0.524. The SMILES string of the molecule is CC(C)n1c(-c2cccc(F)c2Cl)nnc1S(N)(=O)=O. The molecule has 0 bridgehead atoms. The van der Waals surface area contributed by atoms with E-state index in [9.17, 15) is 12.8 Å². The molecule has 1 aromatic heterocycles. The zero-order valence-electron chi connectivity index (χ0n) is 10.7. The van der Waals surface area contributed by atoms with Crippen LogP contribution < -0.4 is 5.14 Å². The van der Waals surface area contributed by atoms with Crippen LogP contribution in [0.1, 0.15) is 19.9 Å². The van der Waals surface area contributed by atoms with Crippen LogP contribution in [0, 0.1) is 5.82 Å². The van der Waals surface area contributed by atoms with Gasteiger partial charge in [-0.1, -0.05) is 17.7 Å². The van der Waals surface area contributed by atoms with Gasteiger partial charge in [0.1, 0.15) is 5.82 Å². The first kappa shape index (κ1) is 14.9. The summed E-state index contributed by atoms with van der Waals surface area (Å²) in [6, 6.07) is 3.88. The van der Waals surface area contributed by atoms with Crippen molar-refractivity contribution in [2.45, 2.75) is 25.0 Å². The molecule has 0 aliphatic carbocycles. The maximum absolute atomic E-state index is 13.5. The predicted molar refractivity (Wildman–Crippen MR) is 72.2 cm³/mol. The lowest BCUT2D eigenvalue weighted by Gasteiger charge is -2.13. The molecule has 0 saturated carbocycles. The molecule has 0 aliphatic heterocycles. The van der Waals surface area contributed by atoms with E-state index in [-0.39, 0.29) is 27.6 Å². The third-order valence-electron chi connectivity index (χ3n) is 2.63. The van der Waals surface area contributed by atoms with Crippen LogP contribution in [-0.4, -0.2) is 23.2 Å². The second-order valence-corrected chi connectivity index (χ2v) is 6.25. The van der Waals surface area contributed by atoms with Gasteiger partial charge in [-0.05, 0) is 26.0 Å². The highest BCUT2D eigenvalue weighted by Gasteiger charge is 2.25. The van der Waals surface area contributed by atoms with Gasteiger partial charge in [0.25, 0.3) is 15.2 Å². The molecule has 6 nitrogen and oxygen atoms in total. The van der Waals surface area contributed by atoms with Crippen LogP contribution in [0.4, 0.5) is 4.39 Å². The van der Waals surface area contributed by atoms with Crippen molar-refractivity contribution in [2.75, 3.05) is 0 Å². The van der Waals surface area contributed by atoms with Crippen LogP contribution in [0.25, 0.3) is 11.4 Å². The molecule has 0 fully saturated rings. The Morgan fingerprint density at radius 2 is 2.00 bits per heavy atom. The molecule has 0 atom stereocenters. The van der Waals surface area contributed by atoms with E-state index in [0.717, 1.165) is 0 Å². The van der Waals surface area contributed by atoms with Gasteiger partial charge in [-0.15, -0.1) is 10.2 Å². The van der Waals surface area contributed by atoms with Crippen molar-refractivity contribution in [2.24, 2.45) is 5.14 Å². The Morgan fingerprint density at radius 3 is 2.55 bits per heavy atom. The van der Waals surface area contributed by atoms with Crippen molar-refractivity contribution in [1.29, 1.82) is 0 Å².